The summed E-state index contributed by atoms with van der Waals surface area (Å²) in [5.41, 5.74) is 4.11. The Bertz CT molecular complexity index is 902. The number of nitrogens with one attached hydrogen (secondary N) is 1. The molecule has 6 heteroatoms. The molecular formula is C20H26N6. The van der Waals surface area contributed by atoms with Gasteiger partial charge in [0.05, 0.1) is 34.8 Å². The van der Waals surface area contributed by atoms with Gasteiger partial charge in [-0.2, -0.15) is 0 Å². The molecule has 3 heterocycles. The lowest BCUT2D eigenvalue weighted by Gasteiger charge is -2.39. The van der Waals surface area contributed by atoms with E-state index < -0.39 is 0 Å². The molecule has 6 nitrogen and oxygen atoms in total. The Balaban J connectivity index is 1.56. The van der Waals surface area contributed by atoms with Crippen molar-refractivity contribution in [1.29, 1.82) is 0 Å². The second-order valence-electron chi connectivity index (χ2n) is 7.28. The second-order valence-corrected chi connectivity index (χ2v) is 7.28. The zero-order valence-electron chi connectivity index (χ0n) is 15.7. The highest BCUT2D eigenvalue weighted by molar-refractivity contribution is 5.76. The fourth-order valence-electron chi connectivity index (χ4n) is 4.08. The van der Waals surface area contributed by atoms with Crippen LogP contribution in [0.25, 0.3) is 11.0 Å². The molecule has 2 atom stereocenters. The SMILES string of the molecule is Cc1nc2ccccc2nc1NC[C@@H]1CCCN(C)[C@H]1c1cncn1C. The first kappa shape index (κ1) is 17.0. The summed E-state index contributed by atoms with van der Waals surface area (Å²) in [4.78, 5) is 16.2. The number of anilines is 1. The molecule has 4 rings (SSSR count). The highest BCUT2D eigenvalue weighted by Crippen LogP contribution is 2.35. The standard InChI is InChI=1S/C20H26N6/c1-14-20(24-17-9-5-4-8-16(17)23-14)22-11-15-7-6-10-25(2)19(15)18-12-21-13-26(18)3/h4-5,8-9,12-13,15,19H,6-7,10-11H2,1-3H3,(H,22,24)/t15-,19+/m0/s1. The average Bonchev–Trinajstić information content (AvgIpc) is 3.05. The van der Waals surface area contributed by atoms with E-state index in [2.05, 4.69) is 38.8 Å². The summed E-state index contributed by atoms with van der Waals surface area (Å²) >= 11 is 0. The number of imidazole rings is 1. The van der Waals surface area contributed by atoms with Crippen molar-refractivity contribution in [3.05, 3.63) is 48.2 Å². The van der Waals surface area contributed by atoms with Crippen molar-refractivity contribution < 1.29 is 0 Å². The maximum Gasteiger partial charge on any atom is 0.148 e. The van der Waals surface area contributed by atoms with Gasteiger partial charge < -0.3 is 9.88 Å². The molecule has 1 fully saturated rings. The fraction of sp³-hybridized carbons (Fsp3) is 0.450. The molecule has 1 aliphatic rings. The molecule has 1 saturated heterocycles. The van der Waals surface area contributed by atoms with Crippen molar-refractivity contribution in [2.75, 3.05) is 25.5 Å². The van der Waals surface area contributed by atoms with Crippen molar-refractivity contribution in [3.63, 3.8) is 0 Å². The van der Waals surface area contributed by atoms with E-state index in [4.69, 9.17) is 4.98 Å². The molecule has 136 valence electrons. The average molecular weight is 350 g/mol. The van der Waals surface area contributed by atoms with E-state index in [-0.39, 0.29) is 0 Å². The smallest absolute Gasteiger partial charge is 0.148 e. The lowest BCUT2D eigenvalue weighted by Crippen LogP contribution is -2.39. The van der Waals surface area contributed by atoms with Crippen molar-refractivity contribution in [3.8, 4) is 0 Å². The van der Waals surface area contributed by atoms with E-state index in [9.17, 15) is 0 Å². The Kier molecular flexibility index (Phi) is 4.59. The molecule has 0 unspecified atom stereocenters. The molecule has 26 heavy (non-hydrogen) atoms. The normalized spacial score (nSPS) is 21.2. The van der Waals surface area contributed by atoms with E-state index in [1.54, 1.807) is 0 Å². The lowest BCUT2D eigenvalue weighted by atomic mass is 9.87. The summed E-state index contributed by atoms with van der Waals surface area (Å²) in [6, 6.07) is 8.40. The van der Waals surface area contributed by atoms with E-state index in [1.165, 1.54) is 18.5 Å². The number of para-hydroxylation sites is 2. The van der Waals surface area contributed by atoms with Crippen LogP contribution < -0.4 is 5.32 Å². The van der Waals surface area contributed by atoms with Crippen molar-refractivity contribution in [1.82, 2.24) is 24.4 Å². The molecule has 3 aromatic rings. The van der Waals surface area contributed by atoms with E-state index in [0.29, 0.717) is 12.0 Å². The topological polar surface area (TPSA) is 58.9 Å². The van der Waals surface area contributed by atoms with Gasteiger partial charge >= 0.3 is 0 Å². The van der Waals surface area contributed by atoms with Crippen LogP contribution in [-0.4, -0.2) is 44.6 Å². The molecule has 0 radical (unpaired) electrons. The zero-order valence-corrected chi connectivity index (χ0v) is 15.7. The lowest BCUT2D eigenvalue weighted by molar-refractivity contribution is 0.122. The maximum absolute atomic E-state index is 4.78. The third-order valence-electron chi connectivity index (χ3n) is 5.44. The van der Waals surface area contributed by atoms with E-state index in [1.807, 2.05) is 43.7 Å². The molecule has 1 aliphatic heterocycles. The number of likely N-dealkylation sites (tertiary alicyclic amines) is 1. The van der Waals surface area contributed by atoms with Crippen LogP contribution >= 0.6 is 0 Å². The highest BCUT2D eigenvalue weighted by Gasteiger charge is 2.32. The molecule has 0 bridgehead atoms. The minimum Gasteiger partial charge on any atom is -0.368 e. The van der Waals surface area contributed by atoms with Gasteiger partial charge in [-0.25, -0.2) is 15.0 Å². The third kappa shape index (κ3) is 3.17. The van der Waals surface area contributed by atoms with Crippen molar-refractivity contribution in [2.24, 2.45) is 13.0 Å². The van der Waals surface area contributed by atoms with Crippen LogP contribution in [0.2, 0.25) is 0 Å². The second kappa shape index (κ2) is 7.03. The quantitative estimate of drug-likeness (QED) is 0.783. The van der Waals surface area contributed by atoms with Gasteiger partial charge in [-0.1, -0.05) is 12.1 Å². The number of rotatable bonds is 4. The molecule has 0 aliphatic carbocycles. The number of nitrogens with zero attached hydrogens (tertiary/aromatic N) is 5. The minimum atomic E-state index is 0.373. The summed E-state index contributed by atoms with van der Waals surface area (Å²) in [7, 11) is 4.29. The Morgan fingerprint density at radius 2 is 1.92 bits per heavy atom. The largest absolute Gasteiger partial charge is 0.368 e. The molecule has 1 aromatic carbocycles. The highest BCUT2D eigenvalue weighted by atomic mass is 15.2. The summed E-state index contributed by atoms with van der Waals surface area (Å²) in [5, 5.41) is 3.58. The van der Waals surface area contributed by atoms with Gasteiger partial charge in [-0.05, 0) is 51.4 Å². The Labute approximate surface area is 154 Å². The van der Waals surface area contributed by atoms with Crippen molar-refractivity contribution in [2.45, 2.75) is 25.8 Å². The van der Waals surface area contributed by atoms with Crippen LogP contribution in [0.3, 0.4) is 0 Å². The molecule has 0 saturated carbocycles. The van der Waals surface area contributed by atoms with Gasteiger partial charge in [0, 0.05) is 19.8 Å². The molecule has 0 amide bonds. The van der Waals surface area contributed by atoms with Crippen LogP contribution in [0, 0.1) is 12.8 Å². The summed E-state index contributed by atoms with van der Waals surface area (Å²) in [5.74, 6) is 1.40. The van der Waals surface area contributed by atoms with Crippen LogP contribution in [0.5, 0.6) is 0 Å². The fourth-order valence-corrected chi connectivity index (χ4v) is 4.08. The number of aryl methyl sites for hydroxylation is 2. The van der Waals surface area contributed by atoms with Gasteiger partial charge in [0.2, 0.25) is 0 Å². The van der Waals surface area contributed by atoms with Gasteiger partial charge in [0.15, 0.2) is 0 Å². The predicted octanol–water partition coefficient (Wildman–Crippen LogP) is 3.17. The number of hydrogen-bond donors (Lipinski definition) is 1. The predicted molar refractivity (Wildman–Crippen MR) is 104 cm³/mol. The number of aromatic nitrogens is 4. The van der Waals surface area contributed by atoms with E-state index >= 15 is 0 Å². The summed E-state index contributed by atoms with van der Waals surface area (Å²) < 4.78 is 2.14. The van der Waals surface area contributed by atoms with Crippen molar-refractivity contribution >= 4 is 16.9 Å². The first-order valence-electron chi connectivity index (χ1n) is 9.27. The van der Waals surface area contributed by atoms with Crippen LogP contribution in [0.15, 0.2) is 36.8 Å². The molecule has 1 N–H and O–H groups in total. The molecular weight excluding hydrogens is 324 g/mol. The Morgan fingerprint density at radius 3 is 2.65 bits per heavy atom. The van der Waals surface area contributed by atoms with Crippen LogP contribution in [0.4, 0.5) is 5.82 Å². The number of hydrogen-bond acceptors (Lipinski definition) is 5. The first-order valence-corrected chi connectivity index (χ1v) is 9.27. The minimum absolute atomic E-state index is 0.373. The summed E-state index contributed by atoms with van der Waals surface area (Å²) in [6.45, 7) is 4.03. The van der Waals surface area contributed by atoms with Crippen LogP contribution in [0.1, 0.15) is 30.3 Å². The number of piperidine rings is 1. The zero-order chi connectivity index (χ0) is 18.1. The van der Waals surface area contributed by atoms with Gasteiger partial charge in [0.25, 0.3) is 0 Å². The van der Waals surface area contributed by atoms with E-state index in [0.717, 1.165) is 35.6 Å². The Morgan fingerprint density at radius 1 is 1.15 bits per heavy atom. The van der Waals surface area contributed by atoms with Crippen LogP contribution in [-0.2, 0) is 7.05 Å². The molecule has 0 spiro atoms. The third-order valence-corrected chi connectivity index (χ3v) is 5.44. The van der Waals surface area contributed by atoms with Gasteiger partial charge in [0.1, 0.15) is 5.82 Å². The Hall–Kier alpha value is -2.47. The molecule has 2 aromatic heterocycles. The van der Waals surface area contributed by atoms with Gasteiger partial charge in [-0.3, -0.25) is 4.90 Å². The first-order chi connectivity index (χ1) is 12.6. The summed E-state index contributed by atoms with van der Waals surface area (Å²) in [6.07, 6.45) is 6.31. The number of benzene rings is 1. The maximum atomic E-state index is 4.78. The monoisotopic (exact) mass is 350 g/mol. The number of fused-ring (bicyclic) bond motifs is 1. The van der Waals surface area contributed by atoms with Gasteiger partial charge in [-0.15, -0.1) is 0 Å².